The number of nitrogens with one attached hydrogen (secondary N) is 1. The molecule has 0 amide bonds. The van der Waals surface area contributed by atoms with Gasteiger partial charge in [-0.3, -0.25) is 9.55 Å². The van der Waals surface area contributed by atoms with Gasteiger partial charge in [-0.25, -0.2) is 0 Å². The van der Waals surface area contributed by atoms with Crippen LogP contribution < -0.4 is 4.74 Å². The van der Waals surface area contributed by atoms with Crippen molar-refractivity contribution in [1.82, 2.24) is 14.5 Å². The molecule has 0 aliphatic rings. The van der Waals surface area contributed by atoms with Gasteiger partial charge in [0.2, 0.25) is 0 Å². The molecule has 1 N–H and O–H groups in total. The van der Waals surface area contributed by atoms with E-state index in [-0.39, 0.29) is 0 Å². The molecule has 0 spiro atoms. The van der Waals surface area contributed by atoms with Gasteiger partial charge in [-0.2, -0.15) is 0 Å². The number of aromatic nitrogens is 3. The van der Waals surface area contributed by atoms with Crippen LogP contribution in [0.5, 0.6) is 5.75 Å². The van der Waals surface area contributed by atoms with Gasteiger partial charge in [0.15, 0.2) is 4.77 Å². The van der Waals surface area contributed by atoms with Crippen LogP contribution in [0, 0.1) is 4.77 Å². The summed E-state index contributed by atoms with van der Waals surface area (Å²) in [6.45, 7) is 2.63. The molecule has 1 aromatic carbocycles. The molecule has 0 aliphatic carbocycles. The molecule has 0 atom stereocenters. The second kappa shape index (κ2) is 4.85. The summed E-state index contributed by atoms with van der Waals surface area (Å²) >= 11 is 5.37. The Kier molecular flexibility index (Phi) is 3.05. The summed E-state index contributed by atoms with van der Waals surface area (Å²) in [6.07, 6.45) is 3.53. The average Bonchev–Trinajstić information content (AvgIpc) is 2.76. The maximum Gasteiger partial charge on any atom is 0.182 e. The second-order valence-corrected chi connectivity index (χ2v) is 4.47. The third-order valence-electron chi connectivity index (χ3n) is 2.89. The molecule has 19 heavy (non-hydrogen) atoms. The lowest BCUT2D eigenvalue weighted by molar-refractivity contribution is 0.340. The number of benzene rings is 1. The van der Waals surface area contributed by atoms with Crippen molar-refractivity contribution in [3.8, 4) is 11.4 Å². The molecule has 2 aromatic heterocycles. The van der Waals surface area contributed by atoms with Gasteiger partial charge >= 0.3 is 0 Å². The lowest BCUT2D eigenvalue weighted by atomic mass is 10.3. The first kappa shape index (κ1) is 11.9. The van der Waals surface area contributed by atoms with Gasteiger partial charge in [-0.15, -0.1) is 0 Å². The number of ether oxygens (including phenoxy) is 1. The third kappa shape index (κ3) is 2.13. The summed E-state index contributed by atoms with van der Waals surface area (Å²) in [6, 6.07) is 9.82. The summed E-state index contributed by atoms with van der Waals surface area (Å²) in [7, 11) is 0. The lowest BCUT2D eigenvalue weighted by Crippen LogP contribution is -1.95. The van der Waals surface area contributed by atoms with Crippen LogP contribution in [-0.4, -0.2) is 21.1 Å². The molecule has 5 heteroatoms. The Morgan fingerprint density at radius 3 is 2.79 bits per heavy atom. The Balaban J connectivity index is 2.13. The van der Waals surface area contributed by atoms with Gasteiger partial charge in [0.05, 0.1) is 23.8 Å². The van der Waals surface area contributed by atoms with E-state index >= 15 is 0 Å². The summed E-state index contributed by atoms with van der Waals surface area (Å²) in [4.78, 5) is 7.24. The molecule has 3 aromatic rings. The molecule has 0 saturated carbocycles. The fourth-order valence-corrected chi connectivity index (χ4v) is 2.39. The van der Waals surface area contributed by atoms with Gasteiger partial charge in [-0.1, -0.05) is 0 Å². The van der Waals surface area contributed by atoms with Crippen molar-refractivity contribution in [2.75, 3.05) is 6.61 Å². The van der Waals surface area contributed by atoms with E-state index in [1.165, 1.54) is 0 Å². The van der Waals surface area contributed by atoms with Crippen LogP contribution in [0.2, 0.25) is 0 Å². The van der Waals surface area contributed by atoms with Crippen LogP contribution in [-0.2, 0) is 0 Å². The van der Waals surface area contributed by atoms with E-state index in [1.54, 1.807) is 12.4 Å². The fraction of sp³-hybridized carbons (Fsp3) is 0.143. The SMILES string of the molecule is CCOc1ccc(-n2c(=S)[nH]c3cnccc32)cc1. The van der Waals surface area contributed by atoms with E-state index in [4.69, 9.17) is 17.0 Å². The van der Waals surface area contributed by atoms with Crippen LogP contribution in [0.15, 0.2) is 42.7 Å². The summed E-state index contributed by atoms with van der Waals surface area (Å²) in [5, 5.41) is 0. The molecule has 0 saturated heterocycles. The molecule has 2 heterocycles. The third-order valence-corrected chi connectivity index (χ3v) is 3.17. The predicted octanol–water partition coefficient (Wildman–Crippen LogP) is 3.48. The quantitative estimate of drug-likeness (QED) is 0.742. The number of nitrogens with zero attached hydrogens (tertiary/aromatic N) is 2. The van der Waals surface area contributed by atoms with Crippen molar-refractivity contribution in [3.05, 3.63) is 47.5 Å². The van der Waals surface area contributed by atoms with Crippen LogP contribution in [0.3, 0.4) is 0 Å². The van der Waals surface area contributed by atoms with Crippen LogP contribution in [0.4, 0.5) is 0 Å². The number of hydrogen-bond donors (Lipinski definition) is 1. The number of hydrogen-bond acceptors (Lipinski definition) is 3. The van der Waals surface area contributed by atoms with Gasteiger partial charge in [0.1, 0.15) is 5.75 Å². The molecule has 0 fully saturated rings. The number of fused-ring (bicyclic) bond motifs is 1. The van der Waals surface area contributed by atoms with E-state index in [1.807, 2.05) is 41.8 Å². The first-order valence-corrected chi connectivity index (χ1v) is 6.48. The number of aromatic amines is 1. The fourth-order valence-electron chi connectivity index (χ4n) is 2.07. The molecule has 96 valence electrons. The van der Waals surface area contributed by atoms with E-state index in [9.17, 15) is 0 Å². The Hall–Kier alpha value is -2.14. The van der Waals surface area contributed by atoms with Gasteiger partial charge in [0.25, 0.3) is 0 Å². The first-order valence-electron chi connectivity index (χ1n) is 6.07. The van der Waals surface area contributed by atoms with Gasteiger partial charge in [-0.05, 0) is 49.5 Å². The highest BCUT2D eigenvalue weighted by Crippen LogP contribution is 2.20. The van der Waals surface area contributed by atoms with Crippen molar-refractivity contribution < 1.29 is 4.74 Å². The highest BCUT2D eigenvalue weighted by molar-refractivity contribution is 7.71. The topological polar surface area (TPSA) is 42.8 Å². The summed E-state index contributed by atoms with van der Waals surface area (Å²) < 4.78 is 8.09. The van der Waals surface area contributed by atoms with Crippen LogP contribution >= 0.6 is 12.2 Å². The van der Waals surface area contributed by atoms with Gasteiger partial charge in [0, 0.05) is 11.9 Å². The molecule has 3 rings (SSSR count). The van der Waals surface area contributed by atoms with Gasteiger partial charge < -0.3 is 9.72 Å². The monoisotopic (exact) mass is 271 g/mol. The Morgan fingerprint density at radius 2 is 2.05 bits per heavy atom. The molecular weight excluding hydrogens is 258 g/mol. The minimum atomic E-state index is 0.659. The van der Waals surface area contributed by atoms with Crippen molar-refractivity contribution in [1.29, 1.82) is 0 Å². The molecule has 0 unspecified atom stereocenters. The molecule has 0 bridgehead atoms. The van der Waals surface area contributed by atoms with Crippen LogP contribution in [0.25, 0.3) is 16.7 Å². The zero-order valence-electron chi connectivity index (χ0n) is 10.5. The summed E-state index contributed by atoms with van der Waals surface area (Å²) in [5.41, 5.74) is 2.96. The molecule has 0 aliphatic heterocycles. The van der Waals surface area contributed by atoms with Crippen molar-refractivity contribution in [2.24, 2.45) is 0 Å². The van der Waals surface area contributed by atoms with Crippen LogP contribution in [0.1, 0.15) is 6.92 Å². The van der Waals surface area contributed by atoms with Crippen molar-refractivity contribution in [3.63, 3.8) is 0 Å². The maximum atomic E-state index is 5.44. The summed E-state index contributed by atoms with van der Waals surface area (Å²) in [5.74, 6) is 0.860. The largest absolute Gasteiger partial charge is 0.494 e. The molecule has 4 nitrogen and oxygen atoms in total. The van der Waals surface area contributed by atoms with E-state index in [0.29, 0.717) is 11.4 Å². The zero-order valence-corrected chi connectivity index (χ0v) is 11.3. The number of pyridine rings is 1. The second-order valence-electron chi connectivity index (χ2n) is 4.09. The smallest absolute Gasteiger partial charge is 0.182 e. The van der Waals surface area contributed by atoms with E-state index in [0.717, 1.165) is 22.5 Å². The van der Waals surface area contributed by atoms with E-state index < -0.39 is 0 Å². The standard InChI is InChI=1S/C14H13N3OS/c1-2-18-11-5-3-10(4-6-11)17-13-7-8-15-9-12(13)16-14(17)19/h3-9H,2H2,1H3,(H,16,19). The lowest BCUT2D eigenvalue weighted by Gasteiger charge is -2.06. The predicted molar refractivity (Wildman–Crippen MR) is 77.4 cm³/mol. The highest BCUT2D eigenvalue weighted by atomic mass is 32.1. The molecular formula is C14H13N3OS. The minimum absolute atomic E-state index is 0.659. The number of rotatable bonds is 3. The Bertz CT molecular complexity index is 758. The zero-order chi connectivity index (χ0) is 13.2. The highest BCUT2D eigenvalue weighted by Gasteiger charge is 2.06. The molecule has 0 radical (unpaired) electrons. The number of H-pyrrole nitrogens is 1. The maximum absolute atomic E-state index is 5.44. The number of imidazole rings is 1. The Labute approximate surface area is 115 Å². The average molecular weight is 271 g/mol. The first-order chi connectivity index (χ1) is 9.29. The van der Waals surface area contributed by atoms with Crippen molar-refractivity contribution >= 4 is 23.3 Å². The van der Waals surface area contributed by atoms with E-state index in [2.05, 4.69) is 9.97 Å². The minimum Gasteiger partial charge on any atom is -0.494 e. The Morgan fingerprint density at radius 1 is 1.26 bits per heavy atom. The normalized spacial score (nSPS) is 10.8. The van der Waals surface area contributed by atoms with Crippen molar-refractivity contribution in [2.45, 2.75) is 6.92 Å².